The van der Waals surface area contributed by atoms with Crippen LogP contribution in [-0.2, 0) is 0 Å². The Balaban J connectivity index is 1.19. The molecule has 0 amide bonds. The highest BCUT2D eigenvalue weighted by molar-refractivity contribution is 6.80. The molecule has 0 N–H and O–H groups in total. The van der Waals surface area contributed by atoms with Crippen LogP contribution >= 0.6 is 0 Å². The average molecular weight is 469 g/mol. The molecular formula is C33H44Si. The zero-order chi connectivity index (χ0) is 22.9. The molecule has 1 aliphatic heterocycles. The minimum atomic E-state index is -1.33. The summed E-state index contributed by atoms with van der Waals surface area (Å²) in [7, 11) is -1.33. The quantitative estimate of drug-likeness (QED) is 0.385. The van der Waals surface area contributed by atoms with Crippen LogP contribution in [0.15, 0.2) is 60.7 Å². The zero-order valence-corrected chi connectivity index (χ0v) is 22.4. The van der Waals surface area contributed by atoms with Gasteiger partial charge in [0.1, 0.15) is 0 Å². The Kier molecular flexibility index (Phi) is 5.38. The van der Waals surface area contributed by atoms with E-state index in [-0.39, 0.29) is 0 Å². The molecule has 5 fully saturated rings. The Labute approximate surface area is 209 Å². The first-order valence-electron chi connectivity index (χ1n) is 14.7. The van der Waals surface area contributed by atoms with Crippen molar-refractivity contribution >= 4 is 8.07 Å². The average Bonchev–Trinajstić information content (AvgIpc) is 3.44. The van der Waals surface area contributed by atoms with Crippen molar-refractivity contribution in [3.05, 3.63) is 71.8 Å². The first kappa shape index (κ1) is 21.9. The third-order valence-electron chi connectivity index (χ3n) is 12.1. The van der Waals surface area contributed by atoms with Crippen LogP contribution in [0, 0.1) is 35.5 Å². The highest BCUT2D eigenvalue weighted by atomic mass is 28.3. The van der Waals surface area contributed by atoms with Crippen molar-refractivity contribution in [1.82, 2.24) is 0 Å². The van der Waals surface area contributed by atoms with Crippen molar-refractivity contribution in [2.45, 2.75) is 93.8 Å². The Hall–Kier alpha value is -1.34. The van der Waals surface area contributed by atoms with E-state index in [9.17, 15) is 0 Å². The monoisotopic (exact) mass is 468 g/mol. The van der Waals surface area contributed by atoms with Gasteiger partial charge >= 0.3 is 0 Å². The van der Waals surface area contributed by atoms with E-state index in [2.05, 4.69) is 73.8 Å². The first-order chi connectivity index (χ1) is 16.6. The minimum absolute atomic E-state index is 0.847. The van der Waals surface area contributed by atoms with E-state index < -0.39 is 8.07 Å². The van der Waals surface area contributed by atoms with Crippen molar-refractivity contribution in [2.75, 3.05) is 0 Å². The van der Waals surface area contributed by atoms with Crippen LogP contribution in [0.4, 0.5) is 0 Å². The summed E-state index contributed by atoms with van der Waals surface area (Å²) < 4.78 is 0. The molecule has 0 nitrogen and oxygen atoms in total. The molecule has 34 heavy (non-hydrogen) atoms. The SMILES string of the molecule is C[Si]1(C)C2C3CCCC(c4ccccc4)C3C[C@H]2C[C@@H]2CC3C(c4ccccc4)CCCC3C21. The zero-order valence-electron chi connectivity index (χ0n) is 21.4. The Bertz CT molecular complexity index is 916. The third-order valence-corrected chi connectivity index (χ3v) is 17.3. The van der Waals surface area contributed by atoms with Crippen LogP contribution in [0.2, 0.25) is 24.2 Å². The summed E-state index contributed by atoms with van der Waals surface area (Å²) in [6, 6.07) is 23.4. The fourth-order valence-electron chi connectivity index (χ4n) is 11.5. The van der Waals surface area contributed by atoms with Gasteiger partial charge in [-0.25, -0.2) is 0 Å². The Morgan fingerprint density at radius 2 is 0.971 bits per heavy atom. The van der Waals surface area contributed by atoms with E-state index in [1.807, 2.05) is 0 Å². The second kappa shape index (κ2) is 8.36. The second-order valence-corrected chi connectivity index (χ2v) is 18.6. The highest BCUT2D eigenvalue weighted by Gasteiger charge is 2.64. The van der Waals surface area contributed by atoms with E-state index in [0.717, 1.165) is 58.4 Å². The number of hydrogen-bond donors (Lipinski definition) is 0. The van der Waals surface area contributed by atoms with Gasteiger partial charge < -0.3 is 0 Å². The van der Waals surface area contributed by atoms with Gasteiger partial charge in [0.25, 0.3) is 0 Å². The van der Waals surface area contributed by atoms with Crippen LogP contribution in [0.1, 0.15) is 80.8 Å². The lowest BCUT2D eigenvalue weighted by molar-refractivity contribution is 0.225. The molecule has 1 heteroatoms. The van der Waals surface area contributed by atoms with E-state index in [1.54, 1.807) is 43.2 Å². The van der Waals surface area contributed by atoms with Crippen LogP contribution < -0.4 is 0 Å². The molecule has 0 radical (unpaired) electrons. The van der Waals surface area contributed by atoms with Gasteiger partial charge in [0.05, 0.1) is 8.07 Å². The topological polar surface area (TPSA) is 0 Å². The fourth-order valence-corrected chi connectivity index (χ4v) is 18.0. The normalized spacial score (nSPS) is 44.5. The molecule has 8 unspecified atom stereocenters. The van der Waals surface area contributed by atoms with Crippen molar-refractivity contribution in [3.63, 3.8) is 0 Å². The molecule has 180 valence electrons. The van der Waals surface area contributed by atoms with Crippen molar-refractivity contribution in [2.24, 2.45) is 35.5 Å². The molecule has 10 atom stereocenters. The van der Waals surface area contributed by atoms with Crippen LogP contribution in [0.5, 0.6) is 0 Å². The molecule has 2 aromatic rings. The molecule has 5 aliphatic rings. The lowest BCUT2D eigenvalue weighted by atomic mass is 9.71. The summed E-state index contributed by atoms with van der Waals surface area (Å²) in [6.07, 6.45) is 13.7. The number of rotatable bonds is 2. The van der Waals surface area contributed by atoms with Crippen LogP contribution in [-0.4, -0.2) is 8.07 Å². The van der Waals surface area contributed by atoms with Gasteiger partial charge in [-0.2, -0.15) is 0 Å². The lowest BCUT2D eigenvalue weighted by Crippen LogP contribution is -2.50. The van der Waals surface area contributed by atoms with Gasteiger partial charge in [-0.15, -0.1) is 0 Å². The predicted molar refractivity (Wildman–Crippen MR) is 146 cm³/mol. The Morgan fingerprint density at radius 1 is 0.529 bits per heavy atom. The van der Waals surface area contributed by atoms with Gasteiger partial charge in [0.15, 0.2) is 0 Å². The maximum atomic E-state index is 2.89. The molecule has 1 saturated heterocycles. The van der Waals surface area contributed by atoms with Crippen molar-refractivity contribution in [3.8, 4) is 0 Å². The fraction of sp³-hybridized carbons (Fsp3) is 0.636. The standard InChI is InChI=1S/C33H44Si/c1-34(2)32-24(20-30-26(15-9-17-28(30)32)22-11-5-3-6-12-22)19-25-21-31-27(23-13-7-4-8-14-23)16-10-18-29(31)33(25)34/h3-8,11-14,24-33H,9-10,15-21H2,1-2H3/t24-,25-,26?,27?,28?,29?,30?,31?,32?,33?/m1/s1. The summed E-state index contributed by atoms with van der Waals surface area (Å²) in [5.74, 6) is 7.85. The molecule has 7 rings (SSSR count). The van der Waals surface area contributed by atoms with E-state index in [1.165, 1.54) is 25.7 Å². The summed E-state index contributed by atoms with van der Waals surface area (Å²) in [6.45, 7) is 5.79. The molecule has 0 aromatic heterocycles. The van der Waals surface area contributed by atoms with Crippen molar-refractivity contribution < 1.29 is 0 Å². The van der Waals surface area contributed by atoms with Crippen molar-refractivity contribution in [1.29, 1.82) is 0 Å². The largest absolute Gasteiger partial charge is 0.0689 e. The summed E-state index contributed by atoms with van der Waals surface area (Å²) in [5.41, 5.74) is 5.55. The molecule has 4 aliphatic carbocycles. The van der Waals surface area contributed by atoms with Gasteiger partial charge in [-0.3, -0.25) is 0 Å². The van der Waals surface area contributed by atoms with Gasteiger partial charge in [0, 0.05) is 0 Å². The predicted octanol–water partition coefficient (Wildman–Crippen LogP) is 9.28. The third kappa shape index (κ3) is 3.28. The van der Waals surface area contributed by atoms with Gasteiger partial charge in [-0.1, -0.05) is 99.4 Å². The van der Waals surface area contributed by atoms with E-state index in [4.69, 9.17) is 0 Å². The van der Waals surface area contributed by atoms with E-state index in [0.29, 0.717) is 0 Å². The maximum Gasteiger partial charge on any atom is 0.0547 e. The summed E-state index contributed by atoms with van der Waals surface area (Å²) in [4.78, 5) is 0. The highest BCUT2D eigenvalue weighted by Crippen LogP contribution is 2.72. The summed E-state index contributed by atoms with van der Waals surface area (Å²) in [5, 5.41) is 0. The first-order valence-corrected chi connectivity index (χ1v) is 17.9. The Morgan fingerprint density at radius 3 is 1.41 bits per heavy atom. The number of hydrogen-bond acceptors (Lipinski definition) is 0. The van der Waals surface area contributed by atoms with Crippen LogP contribution in [0.3, 0.4) is 0 Å². The maximum absolute atomic E-state index is 2.89. The molecule has 1 heterocycles. The van der Waals surface area contributed by atoms with Gasteiger partial charge in [0.2, 0.25) is 0 Å². The lowest BCUT2D eigenvalue weighted by Gasteiger charge is -2.53. The molecular weight excluding hydrogens is 424 g/mol. The number of benzene rings is 2. The minimum Gasteiger partial charge on any atom is -0.0689 e. The second-order valence-electron chi connectivity index (χ2n) is 13.7. The molecule has 0 bridgehead atoms. The van der Waals surface area contributed by atoms with Crippen LogP contribution in [0.25, 0.3) is 0 Å². The molecule has 4 saturated carbocycles. The number of fused-ring (bicyclic) bond motifs is 6. The summed E-state index contributed by atoms with van der Waals surface area (Å²) >= 11 is 0. The smallest absolute Gasteiger partial charge is 0.0547 e. The molecule has 0 spiro atoms. The van der Waals surface area contributed by atoms with E-state index >= 15 is 0 Å². The van der Waals surface area contributed by atoms with Gasteiger partial charge in [-0.05, 0) is 102 Å². The molecule has 2 aromatic carbocycles.